The van der Waals surface area contributed by atoms with Crippen LogP contribution in [0.2, 0.25) is 0 Å². The van der Waals surface area contributed by atoms with Gasteiger partial charge in [0.25, 0.3) is 0 Å². The number of nitrogens with one attached hydrogen (secondary N) is 2. The van der Waals surface area contributed by atoms with Crippen LogP contribution in [0.25, 0.3) is 0 Å². The molecular weight excluding hydrogens is 418 g/mol. The lowest BCUT2D eigenvalue weighted by atomic mass is 9.93. The number of sulfonamides is 1. The Morgan fingerprint density at radius 3 is 2.58 bits per heavy atom. The number of rotatable bonds is 3. The summed E-state index contributed by atoms with van der Waals surface area (Å²) in [4.78, 5) is 14.9. The zero-order valence-electron chi connectivity index (χ0n) is 17.0. The Morgan fingerprint density at radius 1 is 1.03 bits per heavy atom. The minimum atomic E-state index is -3.53. The average molecular weight is 444 g/mol. The molecule has 0 spiro atoms. The van der Waals surface area contributed by atoms with Crippen LogP contribution >= 0.6 is 0 Å². The topological polar surface area (TPSA) is 97.0 Å². The summed E-state index contributed by atoms with van der Waals surface area (Å²) in [5.41, 5.74) is 1.53. The first-order chi connectivity index (χ1) is 15.0. The van der Waals surface area contributed by atoms with E-state index in [4.69, 9.17) is 9.47 Å². The molecule has 8 nitrogen and oxygen atoms in total. The lowest BCUT2D eigenvalue weighted by molar-refractivity contribution is -0.131. The van der Waals surface area contributed by atoms with E-state index in [1.165, 1.54) is 0 Å². The highest BCUT2D eigenvalue weighted by Gasteiger charge is 2.35. The van der Waals surface area contributed by atoms with Gasteiger partial charge in [-0.15, -0.1) is 0 Å². The monoisotopic (exact) mass is 443 g/mol. The smallest absolute Gasteiger partial charge is 0.244 e. The van der Waals surface area contributed by atoms with E-state index in [-0.39, 0.29) is 22.9 Å². The van der Waals surface area contributed by atoms with Gasteiger partial charge >= 0.3 is 0 Å². The van der Waals surface area contributed by atoms with E-state index in [9.17, 15) is 13.2 Å². The molecule has 5 rings (SSSR count). The summed E-state index contributed by atoms with van der Waals surface area (Å²) in [6.45, 7) is 2.27. The Balaban J connectivity index is 1.19. The predicted molar refractivity (Wildman–Crippen MR) is 115 cm³/mol. The van der Waals surface area contributed by atoms with Gasteiger partial charge in [0.2, 0.25) is 15.9 Å². The number of amides is 1. The molecule has 0 bridgehead atoms. The van der Waals surface area contributed by atoms with E-state index < -0.39 is 10.0 Å². The molecule has 2 aromatic carbocycles. The highest BCUT2D eigenvalue weighted by molar-refractivity contribution is 7.89. The highest BCUT2D eigenvalue weighted by atomic mass is 32.2. The van der Waals surface area contributed by atoms with Gasteiger partial charge in [-0.05, 0) is 48.6 Å². The predicted octanol–water partition coefficient (Wildman–Crippen LogP) is 1.97. The third kappa shape index (κ3) is 4.07. The summed E-state index contributed by atoms with van der Waals surface area (Å²) in [6.07, 6.45) is 1.41. The highest BCUT2D eigenvalue weighted by Crippen LogP contribution is 2.32. The van der Waals surface area contributed by atoms with Crippen LogP contribution in [-0.4, -0.2) is 51.7 Å². The number of benzene rings is 2. The second kappa shape index (κ2) is 8.05. The Bertz CT molecular complexity index is 1100. The number of likely N-dealkylation sites (tertiary alicyclic amines) is 1. The van der Waals surface area contributed by atoms with Crippen molar-refractivity contribution in [3.8, 4) is 11.5 Å². The maximum Gasteiger partial charge on any atom is 0.244 e. The maximum atomic E-state index is 12.8. The molecule has 0 unspecified atom stereocenters. The van der Waals surface area contributed by atoms with E-state index in [2.05, 4.69) is 10.0 Å². The standard InChI is InChI=1S/C22H25N3O5S/c26-21(14-15-5-6-18-19(13-15)30-12-11-29-18)25-9-7-16(8-10-25)22-23-17-3-1-2-4-20(17)31(27,28)24-22/h1-6,13,16,22-24H,7-12,14H2/t22-/m1/s1. The zero-order valence-corrected chi connectivity index (χ0v) is 17.9. The quantitative estimate of drug-likeness (QED) is 0.753. The molecule has 1 saturated heterocycles. The molecule has 1 fully saturated rings. The number of carbonyl (C=O) groups is 1. The molecule has 0 saturated carbocycles. The number of hydrogen-bond acceptors (Lipinski definition) is 6. The molecule has 0 aromatic heterocycles. The molecule has 2 N–H and O–H groups in total. The van der Waals surface area contributed by atoms with E-state index in [1.54, 1.807) is 18.2 Å². The van der Waals surface area contributed by atoms with Crippen LogP contribution in [0.1, 0.15) is 18.4 Å². The lowest BCUT2D eigenvalue weighted by Crippen LogP contribution is -2.52. The van der Waals surface area contributed by atoms with E-state index in [0.717, 1.165) is 18.4 Å². The molecule has 3 heterocycles. The molecule has 0 radical (unpaired) electrons. The van der Waals surface area contributed by atoms with Gasteiger partial charge in [-0.1, -0.05) is 18.2 Å². The third-order valence-corrected chi connectivity index (χ3v) is 7.59. The van der Waals surface area contributed by atoms with Gasteiger partial charge in [-0.3, -0.25) is 4.79 Å². The maximum absolute atomic E-state index is 12.8. The summed E-state index contributed by atoms with van der Waals surface area (Å²) in [6, 6.07) is 12.5. The summed E-state index contributed by atoms with van der Waals surface area (Å²) < 4.78 is 39.0. The largest absolute Gasteiger partial charge is 0.486 e. The Labute approximate surface area is 181 Å². The Morgan fingerprint density at radius 2 is 1.77 bits per heavy atom. The number of ether oxygens (including phenoxy) is 2. The molecule has 9 heteroatoms. The molecule has 3 aliphatic rings. The van der Waals surface area contributed by atoms with Crippen molar-refractivity contribution in [2.75, 3.05) is 31.6 Å². The fourth-order valence-corrected chi connectivity index (χ4v) is 5.82. The van der Waals surface area contributed by atoms with Crippen LogP contribution in [0.4, 0.5) is 5.69 Å². The van der Waals surface area contributed by atoms with E-state index in [0.29, 0.717) is 49.9 Å². The molecular formula is C22H25N3O5S. The SMILES string of the molecule is O=C(Cc1ccc2c(c1)OCCO2)N1CCC([C@@H]2Nc3ccccc3S(=O)(=O)N2)CC1. The number of para-hydroxylation sites is 1. The van der Waals surface area contributed by atoms with Gasteiger partial charge in [-0.25, -0.2) is 8.42 Å². The first-order valence-corrected chi connectivity index (χ1v) is 12.0. The van der Waals surface area contributed by atoms with Gasteiger partial charge in [0.1, 0.15) is 18.1 Å². The molecule has 1 amide bonds. The number of carbonyl (C=O) groups excluding carboxylic acids is 1. The van der Waals surface area contributed by atoms with E-state index in [1.807, 2.05) is 29.2 Å². The van der Waals surface area contributed by atoms with Crippen molar-refractivity contribution in [3.05, 3.63) is 48.0 Å². The number of nitrogens with zero attached hydrogens (tertiary/aromatic N) is 1. The summed E-state index contributed by atoms with van der Waals surface area (Å²) in [5, 5.41) is 3.32. The molecule has 1 atom stereocenters. The van der Waals surface area contributed by atoms with Crippen LogP contribution in [0.3, 0.4) is 0 Å². The number of hydrogen-bond donors (Lipinski definition) is 2. The molecule has 164 valence electrons. The van der Waals surface area contributed by atoms with Crippen molar-refractivity contribution in [1.29, 1.82) is 0 Å². The molecule has 0 aliphatic carbocycles. The summed E-state index contributed by atoms with van der Waals surface area (Å²) in [5.74, 6) is 1.58. The van der Waals surface area contributed by atoms with Crippen molar-refractivity contribution < 1.29 is 22.7 Å². The van der Waals surface area contributed by atoms with Crippen LogP contribution < -0.4 is 19.5 Å². The fourth-order valence-electron chi connectivity index (χ4n) is 4.43. The van der Waals surface area contributed by atoms with Crippen molar-refractivity contribution in [1.82, 2.24) is 9.62 Å². The third-order valence-electron chi connectivity index (χ3n) is 6.10. The van der Waals surface area contributed by atoms with Gasteiger partial charge in [0.15, 0.2) is 11.5 Å². The van der Waals surface area contributed by atoms with Crippen LogP contribution in [0, 0.1) is 5.92 Å². The normalized spacial score (nSPS) is 22.3. The van der Waals surface area contributed by atoms with Crippen molar-refractivity contribution >= 4 is 21.6 Å². The first kappa shape index (κ1) is 20.1. The second-order valence-electron chi connectivity index (χ2n) is 8.11. The number of anilines is 1. The second-order valence-corrected chi connectivity index (χ2v) is 9.79. The van der Waals surface area contributed by atoms with E-state index >= 15 is 0 Å². The first-order valence-electron chi connectivity index (χ1n) is 10.5. The van der Waals surface area contributed by atoms with Crippen LogP contribution in [0.15, 0.2) is 47.4 Å². The minimum absolute atomic E-state index is 0.0673. The average Bonchev–Trinajstić information content (AvgIpc) is 2.78. The van der Waals surface area contributed by atoms with Gasteiger partial charge in [0.05, 0.1) is 18.3 Å². The van der Waals surface area contributed by atoms with Crippen molar-refractivity contribution in [2.45, 2.75) is 30.3 Å². The summed E-state index contributed by atoms with van der Waals surface area (Å²) >= 11 is 0. The Kier molecular flexibility index (Phi) is 5.23. The number of fused-ring (bicyclic) bond motifs is 2. The zero-order chi connectivity index (χ0) is 21.4. The number of piperidine rings is 1. The lowest BCUT2D eigenvalue weighted by Gasteiger charge is -2.39. The van der Waals surface area contributed by atoms with Crippen LogP contribution in [-0.2, 0) is 21.2 Å². The van der Waals surface area contributed by atoms with Gasteiger partial charge < -0.3 is 19.7 Å². The van der Waals surface area contributed by atoms with Crippen molar-refractivity contribution in [3.63, 3.8) is 0 Å². The summed E-state index contributed by atoms with van der Waals surface area (Å²) in [7, 11) is -3.53. The fraction of sp³-hybridized carbons (Fsp3) is 0.409. The van der Waals surface area contributed by atoms with Gasteiger partial charge in [-0.2, -0.15) is 4.72 Å². The van der Waals surface area contributed by atoms with Crippen LogP contribution in [0.5, 0.6) is 11.5 Å². The van der Waals surface area contributed by atoms with Crippen molar-refractivity contribution in [2.24, 2.45) is 5.92 Å². The molecule has 31 heavy (non-hydrogen) atoms. The Hall–Kier alpha value is -2.78. The molecule has 2 aromatic rings. The molecule has 3 aliphatic heterocycles. The van der Waals surface area contributed by atoms with Gasteiger partial charge in [0, 0.05) is 13.1 Å². The minimum Gasteiger partial charge on any atom is -0.486 e.